The average Bonchev–Trinajstić information content (AvgIpc) is 3.18. The molecule has 0 aliphatic heterocycles. The SMILES string of the molecule is C=C(C)C(=O)OCC(CC)(CCOc1ccc(/C(F)=C(\F)c2ccc(OCCC(CC)(COC(=O)C(=C)C)COC(=O)C(=C)C)cc2)cc1)COC(=O)C(=C)C. The van der Waals surface area contributed by atoms with Gasteiger partial charge in [-0.3, -0.25) is 0 Å². The van der Waals surface area contributed by atoms with Gasteiger partial charge in [0.25, 0.3) is 0 Å². The number of benzene rings is 2. The van der Waals surface area contributed by atoms with Crippen LogP contribution in [0.1, 0.15) is 78.4 Å². The third-order valence-electron chi connectivity index (χ3n) is 9.14. The lowest BCUT2D eigenvalue weighted by atomic mass is 9.83. The summed E-state index contributed by atoms with van der Waals surface area (Å²) in [6.07, 6.45) is 1.67. The van der Waals surface area contributed by atoms with Gasteiger partial charge in [0.15, 0.2) is 11.7 Å². The lowest BCUT2D eigenvalue weighted by molar-refractivity contribution is -0.151. The first-order chi connectivity index (χ1) is 26.4. The number of carbonyl (C=O) groups excluding carboxylic acids is 4. The maximum atomic E-state index is 15.3. The van der Waals surface area contributed by atoms with Crippen molar-refractivity contribution in [3.63, 3.8) is 0 Å². The standard InChI is InChI=1S/C44H54F2O10/c1-11-43(25-53-39(47)29(3)4,26-54-40(48)30(5)6)21-23-51-35-17-13-33(14-18-35)37(45)38(46)34-15-19-36(20-16-34)52-24-22-44(12-2,27-55-41(49)31(7)8)28-56-42(50)32(9)10/h13-20H,3,5,7,9,11-12,21-28H2,1-2,4,6,8,10H3/b38-37+. The smallest absolute Gasteiger partial charge is 0.333 e. The summed E-state index contributed by atoms with van der Waals surface area (Å²) in [6.45, 7) is 24.4. The zero-order valence-electron chi connectivity index (χ0n) is 33.4. The van der Waals surface area contributed by atoms with E-state index >= 15 is 8.78 Å². The summed E-state index contributed by atoms with van der Waals surface area (Å²) in [5.41, 5.74) is -0.579. The Morgan fingerprint density at radius 3 is 0.964 bits per heavy atom. The molecule has 0 atom stereocenters. The van der Waals surface area contributed by atoms with Crippen LogP contribution in [0.25, 0.3) is 11.7 Å². The molecule has 0 radical (unpaired) electrons. The number of hydrogen-bond acceptors (Lipinski definition) is 10. The highest BCUT2D eigenvalue weighted by Gasteiger charge is 2.34. The number of halogens is 2. The minimum Gasteiger partial charge on any atom is -0.494 e. The number of hydrogen-bond donors (Lipinski definition) is 0. The van der Waals surface area contributed by atoms with Gasteiger partial charge in [-0.2, -0.15) is 0 Å². The molecule has 0 amide bonds. The van der Waals surface area contributed by atoms with Gasteiger partial charge in [0.2, 0.25) is 0 Å². The van der Waals surface area contributed by atoms with Gasteiger partial charge < -0.3 is 28.4 Å². The molecule has 0 bridgehead atoms. The molecule has 2 aromatic carbocycles. The predicted molar refractivity (Wildman–Crippen MR) is 211 cm³/mol. The molecule has 2 aromatic rings. The first-order valence-electron chi connectivity index (χ1n) is 18.2. The lowest BCUT2D eigenvalue weighted by Gasteiger charge is -2.31. The number of carbonyl (C=O) groups is 4. The van der Waals surface area contributed by atoms with E-state index in [0.717, 1.165) is 0 Å². The molecule has 304 valence electrons. The fourth-order valence-electron chi connectivity index (χ4n) is 4.92. The maximum absolute atomic E-state index is 15.3. The average molecular weight is 781 g/mol. The Labute approximate surface area is 328 Å². The second-order valence-corrected chi connectivity index (χ2v) is 14.0. The van der Waals surface area contributed by atoms with Crippen LogP contribution < -0.4 is 9.47 Å². The molecular formula is C44H54F2O10. The second kappa shape index (κ2) is 22.1. The van der Waals surface area contributed by atoms with Crippen LogP contribution >= 0.6 is 0 Å². The van der Waals surface area contributed by atoms with Crippen LogP contribution in [0.15, 0.2) is 97.1 Å². The zero-order valence-corrected chi connectivity index (χ0v) is 33.4. The summed E-state index contributed by atoms with van der Waals surface area (Å²) in [5, 5.41) is 0. The Bertz CT molecular complexity index is 1580. The van der Waals surface area contributed by atoms with Crippen molar-refractivity contribution in [2.75, 3.05) is 39.6 Å². The van der Waals surface area contributed by atoms with E-state index < -0.39 is 46.4 Å². The molecule has 0 heterocycles. The van der Waals surface area contributed by atoms with Gasteiger partial charge in [-0.1, -0.05) is 40.2 Å². The maximum Gasteiger partial charge on any atom is 0.333 e. The van der Waals surface area contributed by atoms with E-state index in [-0.39, 0.29) is 73.1 Å². The van der Waals surface area contributed by atoms with E-state index in [1.165, 1.54) is 76.2 Å². The third-order valence-corrected chi connectivity index (χ3v) is 9.14. The van der Waals surface area contributed by atoms with Crippen LogP contribution in [-0.4, -0.2) is 63.5 Å². The summed E-state index contributed by atoms with van der Waals surface area (Å²) < 4.78 is 64.0. The van der Waals surface area contributed by atoms with Crippen molar-refractivity contribution in [2.45, 2.75) is 67.2 Å². The summed E-state index contributed by atoms with van der Waals surface area (Å²) in [4.78, 5) is 48.4. The van der Waals surface area contributed by atoms with E-state index in [0.29, 0.717) is 37.2 Å². The second-order valence-electron chi connectivity index (χ2n) is 14.0. The molecule has 0 fully saturated rings. The Kier molecular flexibility index (Phi) is 18.4. The Morgan fingerprint density at radius 1 is 0.500 bits per heavy atom. The number of esters is 4. The minimum atomic E-state index is -1.07. The fourth-order valence-corrected chi connectivity index (χ4v) is 4.92. The highest BCUT2D eigenvalue weighted by atomic mass is 19.2. The van der Waals surface area contributed by atoms with Crippen molar-refractivity contribution in [3.8, 4) is 11.5 Å². The van der Waals surface area contributed by atoms with Gasteiger partial charge in [0.05, 0.1) is 13.2 Å². The Hall–Kier alpha value is -5.52. The topological polar surface area (TPSA) is 124 Å². The quantitative estimate of drug-likeness (QED) is 0.0441. The van der Waals surface area contributed by atoms with E-state index in [1.54, 1.807) is 0 Å². The largest absolute Gasteiger partial charge is 0.494 e. The molecule has 56 heavy (non-hydrogen) atoms. The third kappa shape index (κ3) is 14.6. The van der Waals surface area contributed by atoms with Gasteiger partial charge >= 0.3 is 23.9 Å². The normalized spacial score (nSPS) is 11.7. The molecule has 0 spiro atoms. The molecule has 0 N–H and O–H groups in total. The summed E-state index contributed by atoms with van der Waals surface area (Å²) in [7, 11) is 0. The van der Waals surface area contributed by atoms with Crippen LogP contribution in [-0.2, 0) is 38.1 Å². The van der Waals surface area contributed by atoms with Crippen LogP contribution in [0.5, 0.6) is 11.5 Å². The zero-order chi connectivity index (χ0) is 42.1. The highest BCUT2D eigenvalue weighted by Crippen LogP contribution is 2.33. The molecular weight excluding hydrogens is 726 g/mol. The van der Waals surface area contributed by atoms with Crippen molar-refractivity contribution in [1.29, 1.82) is 0 Å². The van der Waals surface area contributed by atoms with Crippen molar-refractivity contribution in [2.24, 2.45) is 10.8 Å². The van der Waals surface area contributed by atoms with Gasteiger partial charge in [-0.15, -0.1) is 0 Å². The van der Waals surface area contributed by atoms with Gasteiger partial charge in [-0.25, -0.2) is 28.0 Å². The van der Waals surface area contributed by atoms with Crippen molar-refractivity contribution < 1.29 is 56.4 Å². The highest BCUT2D eigenvalue weighted by molar-refractivity contribution is 5.88. The van der Waals surface area contributed by atoms with E-state index in [4.69, 9.17) is 28.4 Å². The summed E-state index contributed by atoms with van der Waals surface area (Å²) in [6, 6.07) is 11.6. The molecule has 2 rings (SSSR count). The van der Waals surface area contributed by atoms with Gasteiger partial charge in [0.1, 0.15) is 37.9 Å². The van der Waals surface area contributed by atoms with Crippen LogP contribution in [0.4, 0.5) is 8.78 Å². The molecule has 10 nitrogen and oxygen atoms in total. The predicted octanol–water partition coefficient (Wildman–Crippen LogP) is 9.26. The first-order valence-corrected chi connectivity index (χ1v) is 18.2. The van der Waals surface area contributed by atoms with Crippen molar-refractivity contribution in [3.05, 3.63) is 108 Å². The fraction of sp³-hybridized carbons (Fsp3) is 0.409. The van der Waals surface area contributed by atoms with E-state index in [2.05, 4.69) is 26.3 Å². The number of rotatable bonds is 24. The molecule has 0 saturated carbocycles. The van der Waals surface area contributed by atoms with Gasteiger partial charge in [0, 0.05) is 44.2 Å². The minimum absolute atomic E-state index is 0.00732. The molecule has 0 aromatic heterocycles. The molecule has 0 aliphatic rings. The number of ether oxygens (including phenoxy) is 6. The van der Waals surface area contributed by atoms with Crippen molar-refractivity contribution >= 4 is 35.5 Å². The molecule has 0 aliphatic carbocycles. The Balaban J connectivity index is 2.08. The van der Waals surface area contributed by atoms with Crippen molar-refractivity contribution in [1.82, 2.24) is 0 Å². The Morgan fingerprint density at radius 2 is 0.750 bits per heavy atom. The monoisotopic (exact) mass is 780 g/mol. The molecule has 12 heteroatoms. The molecule has 0 saturated heterocycles. The summed E-state index contributed by atoms with van der Waals surface area (Å²) >= 11 is 0. The first kappa shape index (κ1) is 46.6. The summed E-state index contributed by atoms with van der Waals surface area (Å²) in [5.74, 6) is -3.63. The lowest BCUT2D eigenvalue weighted by Crippen LogP contribution is -2.35. The van der Waals surface area contributed by atoms with E-state index in [9.17, 15) is 19.2 Å². The van der Waals surface area contributed by atoms with Crippen LogP contribution in [0.2, 0.25) is 0 Å². The van der Waals surface area contributed by atoms with Crippen LogP contribution in [0.3, 0.4) is 0 Å². The molecule has 0 unspecified atom stereocenters. The van der Waals surface area contributed by atoms with Crippen LogP contribution in [0, 0.1) is 10.8 Å². The van der Waals surface area contributed by atoms with E-state index in [1.807, 2.05) is 13.8 Å². The van der Waals surface area contributed by atoms with Gasteiger partial charge in [-0.05, 0) is 102 Å².